The summed E-state index contributed by atoms with van der Waals surface area (Å²) in [7, 11) is 1.54. The van der Waals surface area contributed by atoms with Gasteiger partial charge in [0, 0.05) is 7.05 Å². The van der Waals surface area contributed by atoms with Crippen molar-refractivity contribution in [3.63, 3.8) is 0 Å². The van der Waals surface area contributed by atoms with Gasteiger partial charge in [-0.3, -0.25) is 10.1 Å². The van der Waals surface area contributed by atoms with Crippen LogP contribution in [-0.4, -0.2) is 12.0 Å². The Kier molecular flexibility index (Phi) is 2.23. The third-order valence-corrected chi connectivity index (χ3v) is 1.43. The molecular formula is C7H7FN2O2. The van der Waals surface area contributed by atoms with Gasteiger partial charge in [-0.05, 0) is 12.1 Å². The number of anilines is 1. The van der Waals surface area contributed by atoms with Gasteiger partial charge >= 0.3 is 0 Å². The molecule has 0 spiro atoms. The Balaban J connectivity index is 3.21. The molecule has 0 aliphatic rings. The first-order chi connectivity index (χ1) is 5.65. The number of nitro benzene ring substituents is 1. The van der Waals surface area contributed by atoms with Crippen LogP contribution in [0.1, 0.15) is 0 Å². The summed E-state index contributed by atoms with van der Waals surface area (Å²) in [4.78, 5) is 9.70. The van der Waals surface area contributed by atoms with Crippen LogP contribution in [0.4, 0.5) is 15.8 Å². The summed E-state index contributed by atoms with van der Waals surface area (Å²) < 4.78 is 12.5. The molecular weight excluding hydrogens is 163 g/mol. The molecule has 0 saturated heterocycles. The molecule has 0 aliphatic heterocycles. The lowest BCUT2D eigenvalue weighted by Gasteiger charge is -2.00. The zero-order chi connectivity index (χ0) is 9.14. The second-order valence-electron chi connectivity index (χ2n) is 2.17. The Hall–Kier alpha value is -1.65. The minimum atomic E-state index is -0.630. The third kappa shape index (κ3) is 1.50. The zero-order valence-electron chi connectivity index (χ0n) is 6.37. The van der Waals surface area contributed by atoms with E-state index in [2.05, 4.69) is 5.32 Å². The molecule has 0 heterocycles. The molecule has 4 nitrogen and oxygen atoms in total. The average molecular weight is 170 g/mol. The Labute approximate surface area is 68.2 Å². The fraction of sp³-hybridized carbons (Fsp3) is 0.143. The van der Waals surface area contributed by atoms with Crippen molar-refractivity contribution in [2.24, 2.45) is 0 Å². The van der Waals surface area contributed by atoms with Crippen LogP contribution in [0, 0.1) is 15.9 Å². The summed E-state index contributed by atoms with van der Waals surface area (Å²) in [5.74, 6) is -0.610. The van der Waals surface area contributed by atoms with E-state index in [1.807, 2.05) is 0 Å². The number of halogens is 1. The first-order valence-corrected chi connectivity index (χ1v) is 3.27. The molecule has 5 heteroatoms. The number of nitrogens with one attached hydrogen (secondary N) is 1. The normalized spacial score (nSPS) is 9.50. The smallest absolute Gasteiger partial charge is 0.295 e. The van der Waals surface area contributed by atoms with Crippen LogP contribution in [0.15, 0.2) is 18.2 Å². The quantitative estimate of drug-likeness (QED) is 0.543. The molecule has 0 radical (unpaired) electrons. The van der Waals surface area contributed by atoms with Gasteiger partial charge in [0.1, 0.15) is 11.5 Å². The summed E-state index contributed by atoms with van der Waals surface area (Å²) >= 11 is 0. The van der Waals surface area contributed by atoms with E-state index in [9.17, 15) is 14.5 Å². The maximum atomic E-state index is 12.5. The molecule has 0 aliphatic carbocycles. The van der Waals surface area contributed by atoms with Crippen molar-refractivity contribution in [3.8, 4) is 0 Å². The minimum absolute atomic E-state index is 0.252. The molecule has 64 valence electrons. The van der Waals surface area contributed by atoms with E-state index in [1.165, 1.54) is 12.1 Å². The number of nitrogens with zero attached hydrogens (tertiary/aromatic N) is 1. The highest BCUT2D eigenvalue weighted by molar-refractivity contribution is 5.60. The number of hydrogen-bond acceptors (Lipinski definition) is 3. The number of rotatable bonds is 2. The van der Waals surface area contributed by atoms with E-state index < -0.39 is 10.7 Å². The van der Waals surface area contributed by atoms with Gasteiger partial charge in [0.05, 0.1) is 11.0 Å². The Morgan fingerprint density at radius 1 is 1.58 bits per heavy atom. The van der Waals surface area contributed by atoms with Gasteiger partial charge < -0.3 is 5.32 Å². The average Bonchev–Trinajstić information content (AvgIpc) is 2.04. The molecule has 12 heavy (non-hydrogen) atoms. The fourth-order valence-corrected chi connectivity index (χ4v) is 0.867. The Morgan fingerprint density at radius 3 is 2.75 bits per heavy atom. The monoisotopic (exact) mass is 170 g/mol. The van der Waals surface area contributed by atoms with Crippen LogP contribution >= 0.6 is 0 Å². The summed E-state index contributed by atoms with van der Waals surface area (Å²) in [5.41, 5.74) is 0.0545. The molecule has 0 fully saturated rings. The highest BCUT2D eigenvalue weighted by atomic mass is 19.1. The number of benzene rings is 1. The van der Waals surface area contributed by atoms with Crippen molar-refractivity contribution in [2.75, 3.05) is 12.4 Å². The molecule has 0 saturated carbocycles. The summed E-state index contributed by atoms with van der Waals surface area (Å²) in [6.07, 6.45) is 0. The van der Waals surface area contributed by atoms with Gasteiger partial charge in [-0.25, -0.2) is 4.39 Å². The molecule has 0 bridgehead atoms. The zero-order valence-corrected chi connectivity index (χ0v) is 6.37. The van der Waals surface area contributed by atoms with E-state index in [4.69, 9.17) is 0 Å². The second-order valence-corrected chi connectivity index (χ2v) is 2.17. The van der Waals surface area contributed by atoms with E-state index in [1.54, 1.807) is 7.05 Å². The minimum Gasteiger partial charge on any atom is -0.383 e. The lowest BCUT2D eigenvalue weighted by molar-refractivity contribution is -0.384. The number of hydrogen-bond donors (Lipinski definition) is 1. The molecule has 1 aromatic rings. The van der Waals surface area contributed by atoms with Crippen LogP contribution in [0.2, 0.25) is 0 Å². The van der Waals surface area contributed by atoms with Gasteiger partial charge in [0.2, 0.25) is 0 Å². The largest absolute Gasteiger partial charge is 0.383 e. The molecule has 1 N–H and O–H groups in total. The maximum absolute atomic E-state index is 12.5. The van der Waals surface area contributed by atoms with Crippen molar-refractivity contribution >= 4 is 11.4 Å². The maximum Gasteiger partial charge on any atom is 0.295 e. The van der Waals surface area contributed by atoms with Crippen molar-refractivity contribution in [3.05, 3.63) is 34.1 Å². The van der Waals surface area contributed by atoms with Crippen LogP contribution < -0.4 is 5.32 Å². The molecule has 0 unspecified atom stereocenters. The highest BCUT2D eigenvalue weighted by Gasteiger charge is 2.12. The summed E-state index contributed by atoms with van der Waals surface area (Å²) in [6, 6.07) is 3.37. The van der Waals surface area contributed by atoms with Gasteiger partial charge in [0.15, 0.2) is 0 Å². The fourth-order valence-electron chi connectivity index (χ4n) is 0.867. The standard InChI is InChI=1S/C7H7FN2O2/c1-9-6-3-2-5(8)4-7(6)10(11)12/h2-4,9H,1H3. The van der Waals surface area contributed by atoms with E-state index in [0.717, 1.165) is 6.07 Å². The van der Waals surface area contributed by atoms with Gasteiger partial charge in [0.25, 0.3) is 5.69 Å². The SMILES string of the molecule is CNc1ccc(F)cc1[N+](=O)[O-]. The van der Waals surface area contributed by atoms with Crippen LogP contribution in [0.3, 0.4) is 0 Å². The molecule has 1 aromatic carbocycles. The predicted molar refractivity (Wildman–Crippen MR) is 42.6 cm³/mol. The lowest BCUT2D eigenvalue weighted by atomic mass is 10.2. The van der Waals surface area contributed by atoms with Crippen LogP contribution in [0.25, 0.3) is 0 Å². The van der Waals surface area contributed by atoms with Crippen molar-refractivity contribution in [1.82, 2.24) is 0 Å². The van der Waals surface area contributed by atoms with Gasteiger partial charge in [-0.2, -0.15) is 0 Å². The van der Waals surface area contributed by atoms with Crippen molar-refractivity contribution < 1.29 is 9.31 Å². The van der Waals surface area contributed by atoms with Gasteiger partial charge in [-0.15, -0.1) is 0 Å². The van der Waals surface area contributed by atoms with Crippen molar-refractivity contribution in [1.29, 1.82) is 0 Å². The Morgan fingerprint density at radius 2 is 2.25 bits per heavy atom. The molecule has 0 atom stereocenters. The molecule has 0 amide bonds. The Bertz CT molecular complexity index is 314. The topological polar surface area (TPSA) is 55.2 Å². The van der Waals surface area contributed by atoms with Crippen LogP contribution in [-0.2, 0) is 0 Å². The lowest BCUT2D eigenvalue weighted by Crippen LogP contribution is -1.96. The van der Waals surface area contributed by atoms with Crippen LogP contribution in [0.5, 0.6) is 0 Å². The summed E-state index contributed by atoms with van der Waals surface area (Å²) in [5, 5.41) is 12.9. The third-order valence-electron chi connectivity index (χ3n) is 1.43. The van der Waals surface area contributed by atoms with E-state index >= 15 is 0 Å². The van der Waals surface area contributed by atoms with E-state index in [0.29, 0.717) is 5.69 Å². The summed E-state index contributed by atoms with van der Waals surface area (Å²) in [6.45, 7) is 0. The molecule has 1 rings (SSSR count). The predicted octanol–water partition coefficient (Wildman–Crippen LogP) is 1.78. The second kappa shape index (κ2) is 3.17. The van der Waals surface area contributed by atoms with Gasteiger partial charge in [-0.1, -0.05) is 0 Å². The first-order valence-electron chi connectivity index (χ1n) is 3.27. The first kappa shape index (κ1) is 8.45. The number of nitro groups is 1. The van der Waals surface area contributed by atoms with E-state index in [-0.39, 0.29) is 5.69 Å². The highest BCUT2D eigenvalue weighted by Crippen LogP contribution is 2.23. The molecule has 0 aromatic heterocycles. The van der Waals surface area contributed by atoms with Crippen molar-refractivity contribution in [2.45, 2.75) is 0 Å².